The van der Waals surface area contributed by atoms with Gasteiger partial charge in [-0.1, -0.05) is 12.1 Å². The van der Waals surface area contributed by atoms with Crippen LogP contribution in [0.3, 0.4) is 0 Å². The van der Waals surface area contributed by atoms with E-state index >= 15 is 0 Å². The molecule has 1 amide bonds. The van der Waals surface area contributed by atoms with Crippen LogP contribution in [0.5, 0.6) is 5.75 Å². The molecule has 0 unspecified atom stereocenters. The molecule has 1 aromatic rings. The summed E-state index contributed by atoms with van der Waals surface area (Å²) in [7, 11) is 0. The lowest BCUT2D eigenvalue weighted by Gasteiger charge is -2.21. The van der Waals surface area contributed by atoms with Crippen molar-refractivity contribution < 1.29 is 14.3 Å². The summed E-state index contributed by atoms with van der Waals surface area (Å²) in [5.41, 5.74) is -0.249. The van der Waals surface area contributed by atoms with Gasteiger partial charge in [-0.3, -0.25) is 4.79 Å². The molecule has 3 nitrogen and oxygen atoms in total. The number of amides is 1. The minimum Gasteiger partial charge on any atom is -0.507 e. The molecule has 2 rings (SSSR count). The summed E-state index contributed by atoms with van der Waals surface area (Å²) in [6.45, 7) is 3.95. The van der Waals surface area contributed by atoms with Crippen molar-refractivity contribution in [1.82, 2.24) is 4.90 Å². The fourth-order valence-electron chi connectivity index (χ4n) is 1.79. The molecule has 1 fully saturated rings. The summed E-state index contributed by atoms with van der Waals surface area (Å²) in [5.74, 6) is -1.47. The number of phenols is 1. The largest absolute Gasteiger partial charge is 0.507 e. The second-order valence-electron chi connectivity index (χ2n) is 4.11. The smallest absolute Gasteiger partial charge is 0.261 e. The first-order valence-corrected chi connectivity index (χ1v) is 5.54. The number of carbonyl (C=O) groups excluding carboxylic acids is 1. The maximum atomic E-state index is 13.6. The van der Waals surface area contributed by atoms with E-state index in [-0.39, 0.29) is 17.4 Å². The van der Waals surface area contributed by atoms with Crippen molar-refractivity contribution in [3.63, 3.8) is 0 Å². The highest BCUT2D eigenvalue weighted by Gasteiger charge is 2.34. The molecule has 0 bridgehead atoms. The van der Waals surface area contributed by atoms with E-state index in [0.717, 1.165) is 12.8 Å². The zero-order chi connectivity index (χ0) is 12.4. The van der Waals surface area contributed by atoms with Gasteiger partial charge in [-0.2, -0.15) is 0 Å². The standard InChI is InChI=1S/C13H14FNO2/c1-2-8-15(9-6-7-9)13(17)12-10(14)4-3-5-11(12)16/h2-5,9,16H,1,6-8H2. The summed E-state index contributed by atoms with van der Waals surface area (Å²) in [6.07, 6.45) is 3.46. The minimum absolute atomic E-state index is 0.152. The Hall–Kier alpha value is -1.84. The molecule has 4 heteroatoms. The van der Waals surface area contributed by atoms with Crippen molar-refractivity contribution in [3.8, 4) is 5.75 Å². The zero-order valence-corrected chi connectivity index (χ0v) is 9.40. The van der Waals surface area contributed by atoms with Crippen LogP contribution in [0.1, 0.15) is 23.2 Å². The number of aromatic hydroxyl groups is 1. The van der Waals surface area contributed by atoms with Crippen LogP contribution in [0.4, 0.5) is 4.39 Å². The molecule has 1 aliphatic carbocycles. The Morgan fingerprint density at radius 1 is 1.59 bits per heavy atom. The summed E-state index contributed by atoms with van der Waals surface area (Å²) in [6, 6.07) is 4.01. The van der Waals surface area contributed by atoms with Gasteiger partial charge in [0.05, 0.1) is 0 Å². The Bertz CT molecular complexity index is 434. The van der Waals surface area contributed by atoms with Crippen molar-refractivity contribution in [2.75, 3.05) is 6.54 Å². The van der Waals surface area contributed by atoms with Gasteiger partial charge >= 0.3 is 0 Å². The highest BCUT2D eigenvalue weighted by atomic mass is 19.1. The van der Waals surface area contributed by atoms with Gasteiger partial charge in [0.25, 0.3) is 5.91 Å². The lowest BCUT2D eigenvalue weighted by Crippen LogP contribution is -2.33. The minimum atomic E-state index is -0.690. The number of rotatable bonds is 4. The van der Waals surface area contributed by atoms with Crippen LogP contribution in [0, 0.1) is 5.82 Å². The van der Waals surface area contributed by atoms with Crippen LogP contribution in [-0.2, 0) is 0 Å². The predicted molar refractivity (Wildman–Crippen MR) is 62.3 cm³/mol. The first kappa shape index (κ1) is 11.6. The van der Waals surface area contributed by atoms with Crippen LogP contribution in [-0.4, -0.2) is 28.5 Å². The lowest BCUT2D eigenvalue weighted by molar-refractivity contribution is 0.0754. The van der Waals surface area contributed by atoms with Gasteiger partial charge in [-0.25, -0.2) is 4.39 Å². The van der Waals surface area contributed by atoms with Gasteiger partial charge in [-0.15, -0.1) is 6.58 Å². The molecule has 0 aromatic heterocycles. The van der Waals surface area contributed by atoms with Crippen molar-refractivity contribution in [3.05, 3.63) is 42.2 Å². The van der Waals surface area contributed by atoms with Gasteiger partial charge in [0.1, 0.15) is 17.1 Å². The predicted octanol–water partition coefficient (Wildman–Crippen LogP) is 2.32. The summed E-state index contributed by atoms with van der Waals surface area (Å²) in [5, 5.41) is 9.57. The highest BCUT2D eigenvalue weighted by Crippen LogP contribution is 2.30. The van der Waals surface area contributed by atoms with E-state index in [1.54, 1.807) is 11.0 Å². The maximum Gasteiger partial charge on any atom is 0.261 e. The summed E-state index contributed by atoms with van der Waals surface area (Å²) in [4.78, 5) is 13.7. The van der Waals surface area contributed by atoms with E-state index < -0.39 is 11.7 Å². The fourth-order valence-corrected chi connectivity index (χ4v) is 1.79. The molecule has 1 saturated carbocycles. The van der Waals surface area contributed by atoms with E-state index in [4.69, 9.17) is 0 Å². The quantitative estimate of drug-likeness (QED) is 0.814. The number of carbonyl (C=O) groups is 1. The molecule has 0 atom stereocenters. The molecule has 17 heavy (non-hydrogen) atoms. The van der Waals surface area contributed by atoms with Crippen LogP contribution >= 0.6 is 0 Å². The molecule has 0 radical (unpaired) electrons. The Morgan fingerprint density at radius 2 is 2.29 bits per heavy atom. The van der Waals surface area contributed by atoms with Crippen LogP contribution in [0.25, 0.3) is 0 Å². The molecule has 0 aliphatic heterocycles. The molecule has 90 valence electrons. The molecular weight excluding hydrogens is 221 g/mol. The Morgan fingerprint density at radius 3 is 2.82 bits per heavy atom. The first-order chi connectivity index (χ1) is 8.15. The van der Waals surface area contributed by atoms with E-state index in [9.17, 15) is 14.3 Å². The number of phenolic OH excluding ortho intramolecular Hbond substituents is 1. The number of halogens is 1. The highest BCUT2D eigenvalue weighted by molar-refractivity contribution is 5.97. The van der Waals surface area contributed by atoms with Gasteiger partial charge in [0.15, 0.2) is 0 Å². The van der Waals surface area contributed by atoms with Gasteiger partial charge in [0, 0.05) is 12.6 Å². The Kier molecular flexibility index (Phi) is 3.13. The average Bonchev–Trinajstić information content (AvgIpc) is 3.09. The molecule has 1 N–H and O–H groups in total. The molecule has 1 aromatic carbocycles. The van der Waals surface area contributed by atoms with Gasteiger partial charge in [0.2, 0.25) is 0 Å². The lowest BCUT2D eigenvalue weighted by atomic mass is 10.1. The SMILES string of the molecule is C=CCN(C(=O)c1c(O)cccc1F)C1CC1. The molecular formula is C13H14FNO2. The Balaban J connectivity index is 2.31. The van der Waals surface area contributed by atoms with Crippen molar-refractivity contribution >= 4 is 5.91 Å². The van der Waals surface area contributed by atoms with E-state index in [0.29, 0.717) is 6.54 Å². The molecule has 0 spiro atoms. The van der Waals surface area contributed by atoms with E-state index in [1.165, 1.54) is 18.2 Å². The van der Waals surface area contributed by atoms with Crippen LogP contribution in [0.15, 0.2) is 30.9 Å². The zero-order valence-electron chi connectivity index (χ0n) is 9.40. The van der Waals surface area contributed by atoms with E-state index in [2.05, 4.69) is 6.58 Å². The third-order valence-corrected chi connectivity index (χ3v) is 2.78. The third kappa shape index (κ3) is 2.30. The van der Waals surface area contributed by atoms with Crippen molar-refractivity contribution in [2.24, 2.45) is 0 Å². The first-order valence-electron chi connectivity index (χ1n) is 5.54. The normalized spacial score (nSPS) is 14.4. The molecule has 0 saturated heterocycles. The fraction of sp³-hybridized carbons (Fsp3) is 0.308. The second kappa shape index (κ2) is 4.57. The topological polar surface area (TPSA) is 40.5 Å². The number of hydrogen-bond donors (Lipinski definition) is 1. The Labute approximate surface area is 99.2 Å². The van der Waals surface area contributed by atoms with Gasteiger partial charge in [-0.05, 0) is 25.0 Å². The van der Waals surface area contributed by atoms with Gasteiger partial charge < -0.3 is 10.0 Å². The molecule has 1 aliphatic rings. The van der Waals surface area contributed by atoms with Crippen LogP contribution in [0.2, 0.25) is 0 Å². The number of nitrogens with zero attached hydrogens (tertiary/aromatic N) is 1. The van der Waals surface area contributed by atoms with Crippen molar-refractivity contribution in [2.45, 2.75) is 18.9 Å². The summed E-state index contributed by atoms with van der Waals surface area (Å²) >= 11 is 0. The third-order valence-electron chi connectivity index (χ3n) is 2.78. The van der Waals surface area contributed by atoms with Crippen molar-refractivity contribution in [1.29, 1.82) is 0 Å². The average molecular weight is 235 g/mol. The second-order valence-corrected chi connectivity index (χ2v) is 4.11. The molecule has 0 heterocycles. The maximum absolute atomic E-state index is 13.6. The van der Waals surface area contributed by atoms with E-state index in [1.807, 2.05) is 0 Å². The number of hydrogen-bond acceptors (Lipinski definition) is 2. The summed E-state index contributed by atoms with van der Waals surface area (Å²) < 4.78 is 13.6. The van der Waals surface area contributed by atoms with Crippen LogP contribution < -0.4 is 0 Å². The number of benzene rings is 1. The monoisotopic (exact) mass is 235 g/mol.